The third kappa shape index (κ3) is 6.38. The van der Waals surface area contributed by atoms with Crippen molar-refractivity contribution in [3.63, 3.8) is 0 Å². The maximum atomic E-state index is 13.4. The van der Waals surface area contributed by atoms with Gasteiger partial charge in [0.05, 0.1) is 34.1 Å². The topological polar surface area (TPSA) is 111 Å². The zero-order chi connectivity index (χ0) is 27.7. The standard InChI is InChI=1S/C26H30F3N3O4S2/c1-16(15-30)14-21(33)19-4-2-3-5-20(19)22-23(37-25(31-22)24(34)26(27,28)29)17-6-8-18(9-7-17)32-10-12-38(35,36)13-11-32/h6-9,16,19-20,24,34H,2-5,10-14H2,1H3/t16-,19-,20-,24?/m1/s1. The molecule has 0 radical (unpaired) electrons. The Morgan fingerprint density at radius 1 is 1.21 bits per heavy atom. The van der Waals surface area contributed by atoms with Gasteiger partial charge in [0.2, 0.25) is 6.10 Å². The molecule has 12 heteroatoms. The molecule has 38 heavy (non-hydrogen) atoms. The van der Waals surface area contributed by atoms with Gasteiger partial charge in [-0.05, 0) is 37.5 Å². The van der Waals surface area contributed by atoms with Crippen LogP contribution < -0.4 is 4.90 Å². The largest absolute Gasteiger partial charge is 0.420 e. The molecule has 1 saturated heterocycles. The number of benzene rings is 1. The highest BCUT2D eigenvalue weighted by molar-refractivity contribution is 7.91. The average Bonchev–Trinajstić information content (AvgIpc) is 3.33. The number of sulfone groups is 1. The van der Waals surface area contributed by atoms with Gasteiger partial charge in [-0.2, -0.15) is 18.4 Å². The number of alkyl halides is 3. The van der Waals surface area contributed by atoms with E-state index in [0.29, 0.717) is 42.1 Å². The van der Waals surface area contributed by atoms with Gasteiger partial charge in [-0.15, -0.1) is 11.3 Å². The normalized spacial score (nSPS) is 23.4. The van der Waals surface area contributed by atoms with Gasteiger partial charge >= 0.3 is 6.18 Å². The van der Waals surface area contributed by atoms with E-state index in [9.17, 15) is 31.5 Å². The lowest BCUT2D eigenvalue weighted by Gasteiger charge is -2.31. The van der Waals surface area contributed by atoms with Crippen molar-refractivity contribution in [3.8, 4) is 16.5 Å². The average molecular weight is 570 g/mol. The highest BCUT2D eigenvalue weighted by Crippen LogP contribution is 2.47. The third-order valence-corrected chi connectivity index (χ3v) is 10.1. The van der Waals surface area contributed by atoms with Gasteiger partial charge in [0.15, 0.2) is 9.84 Å². The lowest BCUT2D eigenvalue weighted by molar-refractivity contribution is -0.206. The molecule has 0 amide bonds. The lowest BCUT2D eigenvalue weighted by atomic mass is 9.73. The number of hydrogen-bond acceptors (Lipinski definition) is 8. The third-order valence-electron chi connectivity index (χ3n) is 7.31. The fraction of sp³-hybridized carbons (Fsp3) is 0.577. The van der Waals surface area contributed by atoms with Crippen LogP contribution in [0.15, 0.2) is 24.3 Å². The minimum absolute atomic E-state index is 0.0634. The molecule has 2 heterocycles. The molecule has 2 aliphatic rings. The Labute approximate surface area is 224 Å². The lowest BCUT2D eigenvalue weighted by Crippen LogP contribution is -2.40. The van der Waals surface area contributed by atoms with E-state index in [1.807, 2.05) is 4.90 Å². The van der Waals surface area contributed by atoms with E-state index < -0.39 is 44.9 Å². The van der Waals surface area contributed by atoms with Crippen molar-refractivity contribution >= 4 is 32.6 Å². The van der Waals surface area contributed by atoms with Crippen LogP contribution in [-0.2, 0) is 14.6 Å². The summed E-state index contributed by atoms with van der Waals surface area (Å²) in [5.41, 5.74) is 1.81. The number of nitrogens with zero attached hydrogens (tertiary/aromatic N) is 3. The number of carbonyl (C=O) groups is 1. The van der Waals surface area contributed by atoms with E-state index in [4.69, 9.17) is 5.26 Å². The van der Waals surface area contributed by atoms with Crippen LogP contribution in [0, 0.1) is 23.2 Å². The predicted octanol–water partition coefficient (Wildman–Crippen LogP) is 5.03. The zero-order valence-corrected chi connectivity index (χ0v) is 22.6. The maximum absolute atomic E-state index is 13.4. The van der Waals surface area contributed by atoms with E-state index in [1.54, 1.807) is 31.2 Å². The summed E-state index contributed by atoms with van der Waals surface area (Å²) in [7, 11) is -3.04. The van der Waals surface area contributed by atoms with Crippen LogP contribution in [0.25, 0.3) is 10.4 Å². The SMILES string of the molecule is C[C@@H](C#N)CC(=O)[C@@H]1CCCC[C@H]1c1nc(C(O)C(F)(F)F)sc1-c1ccc(N2CCS(=O)(=O)CC2)cc1. The van der Waals surface area contributed by atoms with Crippen LogP contribution in [0.1, 0.15) is 61.8 Å². The Kier molecular flexibility index (Phi) is 8.49. The first-order valence-electron chi connectivity index (χ1n) is 12.6. The Balaban J connectivity index is 1.69. The summed E-state index contributed by atoms with van der Waals surface area (Å²) in [6, 6.07) is 9.19. The number of Topliss-reactive ketones (excluding diaryl/α,β-unsaturated/α-hetero) is 1. The summed E-state index contributed by atoms with van der Waals surface area (Å²) in [6.07, 6.45) is -4.77. The van der Waals surface area contributed by atoms with Crippen LogP contribution in [0.4, 0.5) is 18.9 Å². The molecule has 1 N–H and O–H groups in total. The molecule has 4 atom stereocenters. The first kappa shape index (κ1) is 28.5. The predicted molar refractivity (Wildman–Crippen MR) is 139 cm³/mol. The summed E-state index contributed by atoms with van der Waals surface area (Å²) < 4.78 is 63.7. The zero-order valence-electron chi connectivity index (χ0n) is 20.9. The second kappa shape index (κ2) is 11.3. The molecule has 0 spiro atoms. The quantitative estimate of drug-likeness (QED) is 0.498. The number of ketones is 1. The number of aliphatic hydroxyl groups excluding tert-OH is 1. The molecular weight excluding hydrogens is 539 g/mol. The molecule has 1 aromatic heterocycles. The molecule has 7 nitrogen and oxygen atoms in total. The molecule has 0 bridgehead atoms. The van der Waals surface area contributed by atoms with Crippen LogP contribution in [0.5, 0.6) is 0 Å². The summed E-state index contributed by atoms with van der Waals surface area (Å²) in [4.78, 5) is 19.8. The monoisotopic (exact) mass is 569 g/mol. The number of aromatic nitrogens is 1. The van der Waals surface area contributed by atoms with Crippen molar-refractivity contribution in [2.75, 3.05) is 29.5 Å². The molecule has 4 rings (SSSR count). The van der Waals surface area contributed by atoms with E-state index >= 15 is 0 Å². The van der Waals surface area contributed by atoms with Crippen LogP contribution in [0.3, 0.4) is 0 Å². The molecule has 1 aliphatic heterocycles. The second-order valence-electron chi connectivity index (χ2n) is 10.1. The summed E-state index contributed by atoms with van der Waals surface area (Å²) >= 11 is 0.777. The van der Waals surface area contributed by atoms with Crippen molar-refractivity contribution in [1.29, 1.82) is 5.26 Å². The first-order valence-corrected chi connectivity index (χ1v) is 15.3. The maximum Gasteiger partial charge on any atom is 0.420 e. The van der Waals surface area contributed by atoms with E-state index in [1.165, 1.54) is 0 Å². The second-order valence-corrected chi connectivity index (χ2v) is 13.4. The van der Waals surface area contributed by atoms with Gasteiger partial charge in [0.25, 0.3) is 0 Å². The molecule has 2 fully saturated rings. The fourth-order valence-electron chi connectivity index (χ4n) is 5.20. The van der Waals surface area contributed by atoms with Crippen LogP contribution >= 0.6 is 11.3 Å². The summed E-state index contributed by atoms with van der Waals surface area (Å²) in [5.74, 6) is -1.28. The summed E-state index contributed by atoms with van der Waals surface area (Å²) in [6.45, 7) is 2.39. The Hall–Kier alpha value is -2.49. The van der Waals surface area contributed by atoms with Crippen molar-refractivity contribution in [3.05, 3.63) is 35.0 Å². The highest BCUT2D eigenvalue weighted by atomic mass is 32.2. The number of halogens is 3. The minimum atomic E-state index is -4.88. The van der Waals surface area contributed by atoms with Crippen molar-refractivity contribution in [2.45, 2.75) is 57.2 Å². The van der Waals surface area contributed by atoms with E-state index in [2.05, 4.69) is 11.1 Å². The molecule has 206 valence electrons. The van der Waals surface area contributed by atoms with Gasteiger partial charge in [0, 0.05) is 37.0 Å². The van der Waals surface area contributed by atoms with Gasteiger partial charge in [-0.25, -0.2) is 13.4 Å². The number of anilines is 1. The Morgan fingerprint density at radius 2 is 1.84 bits per heavy atom. The van der Waals surface area contributed by atoms with E-state index in [0.717, 1.165) is 29.9 Å². The fourth-order valence-corrected chi connectivity index (χ4v) is 7.56. The molecule has 1 aromatic carbocycles. The number of nitriles is 1. The van der Waals surface area contributed by atoms with Gasteiger partial charge in [-0.3, -0.25) is 4.79 Å². The summed E-state index contributed by atoms with van der Waals surface area (Å²) in [5, 5.41) is 18.7. The Bertz CT molecular complexity index is 1290. The van der Waals surface area contributed by atoms with Crippen molar-refractivity contribution in [2.24, 2.45) is 11.8 Å². The molecule has 1 saturated carbocycles. The van der Waals surface area contributed by atoms with Crippen molar-refractivity contribution < 1.29 is 31.5 Å². The minimum Gasteiger partial charge on any atom is -0.377 e. The number of carbonyl (C=O) groups excluding carboxylic acids is 1. The number of aliphatic hydroxyl groups is 1. The molecule has 1 aliphatic carbocycles. The number of rotatable bonds is 7. The number of thiazole rings is 1. The van der Waals surface area contributed by atoms with Gasteiger partial charge in [0.1, 0.15) is 10.8 Å². The van der Waals surface area contributed by atoms with Crippen molar-refractivity contribution in [1.82, 2.24) is 4.98 Å². The first-order chi connectivity index (χ1) is 17.9. The van der Waals surface area contributed by atoms with Crippen LogP contribution in [-0.4, -0.2) is 55.1 Å². The van der Waals surface area contributed by atoms with Gasteiger partial charge < -0.3 is 10.0 Å². The molecule has 1 unspecified atom stereocenters. The van der Waals surface area contributed by atoms with Gasteiger partial charge in [-0.1, -0.05) is 25.0 Å². The van der Waals surface area contributed by atoms with E-state index in [-0.39, 0.29) is 23.7 Å². The number of hydrogen-bond donors (Lipinski definition) is 1. The highest BCUT2D eigenvalue weighted by Gasteiger charge is 2.43. The molecule has 2 aromatic rings. The Morgan fingerprint density at radius 3 is 2.45 bits per heavy atom. The molecular formula is C26H30F3N3O4S2. The smallest absolute Gasteiger partial charge is 0.377 e. The van der Waals surface area contributed by atoms with Crippen LogP contribution in [0.2, 0.25) is 0 Å².